The molecular formula is C23H26N6O. The molecule has 0 atom stereocenters. The Morgan fingerprint density at radius 3 is 2.97 bits per heavy atom. The molecule has 1 aromatic carbocycles. The first-order valence-electron chi connectivity index (χ1n) is 10.0. The van der Waals surface area contributed by atoms with Gasteiger partial charge in [-0.1, -0.05) is 24.3 Å². The van der Waals surface area contributed by atoms with Gasteiger partial charge in [-0.25, -0.2) is 5.84 Å². The number of rotatable bonds is 6. The molecule has 0 aliphatic carbocycles. The van der Waals surface area contributed by atoms with Gasteiger partial charge < -0.3 is 20.6 Å². The Bertz CT molecular complexity index is 1090. The number of pyridine rings is 1. The Hall–Kier alpha value is -3.58. The monoisotopic (exact) mass is 402 g/mol. The molecule has 0 saturated carbocycles. The number of nitrogens with two attached hydrogens (primary N) is 2. The second kappa shape index (κ2) is 8.84. The first-order valence-corrected chi connectivity index (χ1v) is 10.0. The maximum absolute atomic E-state index is 12.6. The number of benzene rings is 1. The van der Waals surface area contributed by atoms with E-state index < -0.39 is 0 Å². The van der Waals surface area contributed by atoms with E-state index in [1.165, 1.54) is 11.2 Å². The van der Waals surface area contributed by atoms with Crippen molar-refractivity contribution >= 4 is 22.4 Å². The topological polar surface area (TPSA) is 104 Å². The molecule has 5 N–H and O–H groups in total. The van der Waals surface area contributed by atoms with Crippen molar-refractivity contribution in [2.45, 2.75) is 12.8 Å². The van der Waals surface area contributed by atoms with Crippen molar-refractivity contribution in [3.8, 4) is 11.4 Å². The molecule has 7 nitrogen and oxygen atoms in total. The van der Waals surface area contributed by atoms with Gasteiger partial charge in [0.1, 0.15) is 0 Å². The quantitative estimate of drug-likeness (QED) is 0.434. The molecular weight excluding hydrogens is 376 g/mol. The molecule has 0 radical (unpaired) electrons. The van der Waals surface area contributed by atoms with E-state index in [1.54, 1.807) is 12.4 Å². The van der Waals surface area contributed by atoms with Gasteiger partial charge in [-0.05, 0) is 41.8 Å². The Labute approximate surface area is 175 Å². The highest BCUT2D eigenvalue weighted by molar-refractivity contribution is 5.89. The van der Waals surface area contributed by atoms with Gasteiger partial charge in [-0.15, -0.1) is 0 Å². The predicted octanol–water partition coefficient (Wildman–Crippen LogP) is 2.84. The highest BCUT2D eigenvalue weighted by atomic mass is 16.2. The van der Waals surface area contributed by atoms with Crippen LogP contribution in [-0.4, -0.2) is 45.4 Å². The zero-order valence-electron chi connectivity index (χ0n) is 16.8. The summed E-state index contributed by atoms with van der Waals surface area (Å²) in [7, 11) is 0. The Kier molecular flexibility index (Phi) is 5.81. The molecule has 0 unspecified atom stereocenters. The van der Waals surface area contributed by atoms with Crippen LogP contribution >= 0.6 is 0 Å². The van der Waals surface area contributed by atoms with Crippen LogP contribution in [0.5, 0.6) is 0 Å². The summed E-state index contributed by atoms with van der Waals surface area (Å²) in [6.45, 7) is 1.77. The molecule has 0 fully saturated rings. The van der Waals surface area contributed by atoms with Crippen LogP contribution in [0.2, 0.25) is 0 Å². The molecule has 0 saturated heterocycles. The molecule has 30 heavy (non-hydrogen) atoms. The van der Waals surface area contributed by atoms with E-state index in [1.807, 2.05) is 23.1 Å². The fourth-order valence-corrected chi connectivity index (χ4v) is 3.72. The lowest BCUT2D eigenvalue weighted by Gasteiger charge is -2.28. The molecule has 4 rings (SSSR count). The minimum Gasteiger partial charge on any atom is -0.403 e. The third kappa shape index (κ3) is 4.36. The SMILES string of the molecule is N/C=C\N(N)CCC(=O)N1CCC=C(c2ccc3cc(-c4ccccn4)[nH]c3c2)C1. The molecule has 0 bridgehead atoms. The van der Waals surface area contributed by atoms with Crippen LogP contribution in [0, 0.1) is 0 Å². The van der Waals surface area contributed by atoms with Crippen LogP contribution < -0.4 is 11.6 Å². The van der Waals surface area contributed by atoms with Crippen LogP contribution in [0.15, 0.2) is 67.1 Å². The van der Waals surface area contributed by atoms with Gasteiger partial charge in [0.2, 0.25) is 5.91 Å². The van der Waals surface area contributed by atoms with Crippen molar-refractivity contribution < 1.29 is 4.79 Å². The maximum atomic E-state index is 12.6. The summed E-state index contributed by atoms with van der Waals surface area (Å²) in [5, 5.41) is 2.57. The van der Waals surface area contributed by atoms with Crippen LogP contribution in [0.25, 0.3) is 27.9 Å². The van der Waals surface area contributed by atoms with E-state index in [4.69, 9.17) is 11.6 Å². The van der Waals surface area contributed by atoms with Gasteiger partial charge >= 0.3 is 0 Å². The summed E-state index contributed by atoms with van der Waals surface area (Å²) in [6, 6.07) is 14.4. The number of hydrogen-bond acceptors (Lipinski definition) is 5. The molecule has 2 aromatic heterocycles. The van der Waals surface area contributed by atoms with E-state index in [0.29, 0.717) is 19.5 Å². The van der Waals surface area contributed by atoms with Crippen molar-refractivity contribution in [1.82, 2.24) is 19.9 Å². The second-order valence-corrected chi connectivity index (χ2v) is 7.36. The molecule has 1 aliphatic heterocycles. The fourth-order valence-electron chi connectivity index (χ4n) is 3.72. The Morgan fingerprint density at radius 2 is 2.17 bits per heavy atom. The van der Waals surface area contributed by atoms with Crippen molar-refractivity contribution in [1.29, 1.82) is 0 Å². The molecule has 1 amide bonds. The number of aromatic nitrogens is 2. The van der Waals surface area contributed by atoms with E-state index in [9.17, 15) is 4.79 Å². The van der Waals surface area contributed by atoms with Crippen LogP contribution in [-0.2, 0) is 4.79 Å². The van der Waals surface area contributed by atoms with Crippen LogP contribution in [0.3, 0.4) is 0 Å². The number of fused-ring (bicyclic) bond motifs is 1. The zero-order valence-corrected chi connectivity index (χ0v) is 16.8. The zero-order chi connectivity index (χ0) is 20.9. The van der Waals surface area contributed by atoms with Crippen molar-refractivity contribution in [2.24, 2.45) is 11.6 Å². The fraction of sp³-hybridized carbons (Fsp3) is 0.217. The van der Waals surface area contributed by atoms with E-state index in [2.05, 4.69) is 40.3 Å². The minimum absolute atomic E-state index is 0.0971. The highest BCUT2D eigenvalue weighted by Gasteiger charge is 2.19. The standard InChI is InChI=1S/C23H26N6O/c24-9-13-29(25)12-8-23(30)28-11-3-4-19(16-28)17-6-7-18-15-22(27-21(18)14-17)20-5-1-2-10-26-20/h1-2,4-7,9-10,13-15,27H,3,8,11-12,16,24-25H2/b13-9-. The number of carbonyl (C=O) groups excluding carboxylic acids is 1. The Morgan fingerprint density at radius 1 is 1.27 bits per heavy atom. The molecule has 3 aromatic rings. The van der Waals surface area contributed by atoms with Crippen molar-refractivity contribution in [2.75, 3.05) is 19.6 Å². The number of carbonyl (C=O) groups is 1. The lowest BCUT2D eigenvalue weighted by Crippen LogP contribution is -2.38. The summed E-state index contributed by atoms with van der Waals surface area (Å²) in [6.07, 6.45) is 8.14. The summed E-state index contributed by atoms with van der Waals surface area (Å²) in [5.74, 6) is 5.85. The van der Waals surface area contributed by atoms with Crippen LogP contribution in [0.1, 0.15) is 18.4 Å². The number of H-pyrrole nitrogens is 1. The lowest BCUT2D eigenvalue weighted by molar-refractivity contribution is -0.130. The predicted molar refractivity (Wildman–Crippen MR) is 120 cm³/mol. The van der Waals surface area contributed by atoms with Gasteiger partial charge in [0, 0.05) is 55.6 Å². The third-order valence-electron chi connectivity index (χ3n) is 5.30. The average Bonchev–Trinajstić information content (AvgIpc) is 3.22. The largest absolute Gasteiger partial charge is 0.403 e. The molecule has 0 spiro atoms. The maximum Gasteiger partial charge on any atom is 0.224 e. The summed E-state index contributed by atoms with van der Waals surface area (Å²) in [4.78, 5) is 22.4. The van der Waals surface area contributed by atoms with Crippen molar-refractivity contribution in [3.63, 3.8) is 0 Å². The van der Waals surface area contributed by atoms with E-state index in [-0.39, 0.29) is 5.91 Å². The number of amides is 1. The number of hydrogen-bond donors (Lipinski definition) is 3. The van der Waals surface area contributed by atoms with Crippen LogP contribution in [0.4, 0.5) is 0 Å². The lowest BCUT2D eigenvalue weighted by atomic mass is 10.00. The molecule has 1 aliphatic rings. The first-order chi connectivity index (χ1) is 14.6. The molecule has 154 valence electrons. The van der Waals surface area contributed by atoms with E-state index in [0.717, 1.165) is 46.4 Å². The van der Waals surface area contributed by atoms with Gasteiger partial charge in [-0.3, -0.25) is 9.78 Å². The van der Waals surface area contributed by atoms with Gasteiger partial charge in [0.15, 0.2) is 0 Å². The number of aromatic amines is 1. The minimum atomic E-state index is 0.0971. The summed E-state index contributed by atoms with van der Waals surface area (Å²) < 4.78 is 0. The van der Waals surface area contributed by atoms with Gasteiger partial charge in [0.25, 0.3) is 0 Å². The van der Waals surface area contributed by atoms with Gasteiger partial charge in [-0.2, -0.15) is 0 Å². The number of hydrazine groups is 1. The number of nitrogens with zero attached hydrogens (tertiary/aromatic N) is 3. The van der Waals surface area contributed by atoms with Gasteiger partial charge in [0.05, 0.1) is 11.4 Å². The van der Waals surface area contributed by atoms with E-state index >= 15 is 0 Å². The smallest absolute Gasteiger partial charge is 0.224 e. The highest BCUT2D eigenvalue weighted by Crippen LogP contribution is 2.27. The van der Waals surface area contributed by atoms with Crippen molar-refractivity contribution in [3.05, 3.63) is 72.7 Å². The third-order valence-corrected chi connectivity index (χ3v) is 5.30. The molecule has 7 heteroatoms. The number of nitrogens with one attached hydrogen (secondary N) is 1. The Balaban J connectivity index is 1.48. The normalized spacial score (nSPS) is 14.3. The molecule has 3 heterocycles. The second-order valence-electron chi connectivity index (χ2n) is 7.36. The summed E-state index contributed by atoms with van der Waals surface area (Å²) in [5.41, 5.74) is 10.6. The summed E-state index contributed by atoms with van der Waals surface area (Å²) >= 11 is 0. The first kappa shape index (κ1) is 19.7. The average molecular weight is 403 g/mol.